The maximum absolute atomic E-state index is 10.7. The summed E-state index contributed by atoms with van der Waals surface area (Å²) >= 11 is 0. The SMILES string of the molecule is COC1(Cc2ccc([N+](=O)[O-])c(C)c2)CNC1. The molecule has 5 heteroatoms. The molecule has 0 aromatic heterocycles. The van der Waals surface area contributed by atoms with E-state index in [1.165, 1.54) is 0 Å². The number of nitrogens with zero attached hydrogens (tertiary/aromatic N) is 1. The fourth-order valence-electron chi connectivity index (χ4n) is 2.15. The Labute approximate surface area is 99.9 Å². The molecule has 1 saturated heterocycles. The van der Waals surface area contributed by atoms with E-state index in [9.17, 15) is 10.1 Å². The largest absolute Gasteiger partial charge is 0.375 e. The van der Waals surface area contributed by atoms with Gasteiger partial charge in [-0.05, 0) is 18.6 Å². The fraction of sp³-hybridized carbons (Fsp3) is 0.500. The van der Waals surface area contributed by atoms with Crippen molar-refractivity contribution in [2.75, 3.05) is 20.2 Å². The molecule has 0 bridgehead atoms. The summed E-state index contributed by atoms with van der Waals surface area (Å²) in [6.45, 7) is 3.43. The van der Waals surface area contributed by atoms with Crippen LogP contribution in [0, 0.1) is 17.0 Å². The number of nitrogens with one attached hydrogen (secondary N) is 1. The molecule has 1 aromatic rings. The van der Waals surface area contributed by atoms with Gasteiger partial charge in [-0.2, -0.15) is 0 Å². The van der Waals surface area contributed by atoms with E-state index >= 15 is 0 Å². The van der Waals surface area contributed by atoms with Gasteiger partial charge in [-0.3, -0.25) is 10.1 Å². The molecule has 2 rings (SSSR count). The first-order valence-electron chi connectivity index (χ1n) is 5.56. The summed E-state index contributed by atoms with van der Waals surface area (Å²) in [6, 6.07) is 5.25. The molecular weight excluding hydrogens is 220 g/mol. The molecular formula is C12H16N2O3. The Kier molecular flexibility index (Phi) is 3.13. The van der Waals surface area contributed by atoms with E-state index in [2.05, 4.69) is 5.32 Å². The van der Waals surface area contributed by atoms with Crippen molar-refractivity contribution in [1.82, 2.24) is 5.32 Å². The van der Waals surface area contributed by atoms with Crippen LogP contribution in [-0.4, -0.2) is 30.7 Å². The lowest BCUT2D eigenvalue weighted by Gasteiger charge is -2.41. The first kappa shape index (κ1) is 12.0. The average molecular weight is 236 g/mol. The predicted molar refractivity (Wildman–Crippen MR) is 64.1 cm³/mol. The minimum Gasteiger partial charge on any atom is -0.375 e. The summed E-state index contributed by atoms with van der Waals surface area (Å²) in [5.74, 6) is 0. The second-order valence-corrected chi connectivity index (χ2v) is 4.55. The Balaban J connectivity index is 2.17. The maximum atomic E-state index is 10.7. The number of benzene rings is 1. The quantitative estimate of drug-likeness (QED) is 0.634. The van der Waals surface area contributed by atoms with Crippen LogP contribution in [0.3, 0.4) is 0 Å². The third kappa shape index (κ3) is 2.30. The lowest BCUT2D eigenvalue weighted by Crippen LogP contribution is -2.61. The molecule has 0 spiro atoms. The molecule has 0 aliphatic carbocycles. The van der Waals surface area contributed by atoms with E-state index in [-0.39, 0.29) is 16.2 Å². The van der Waals surface area contributed by atoms with Crippen LogP contribution in [0.25, 0.3) is 0 Å². The Morgan fingerprint density at radius 1 is 1.53 bits per heavy atom. The lowest BCUT2D eigenvalue weighted by molar-refractivity contribution is -0.385. The Morgan fingerprint density at radius 3 is 2.65 bits per heavy atom. The zero-order valence-electron chi connectivity index (χ0n) is 10.0. The minimum absolute atomic E-state index is 0.136. The van der Waals surface area contributed by atoms with Crippen LogP contribution in [0.5, 0.6) is 0 Å². The molecule has 5 nitrogen and oxygen atoms in total. The number of rotatable bonds is 4. The van der Waals surface area contributed by atoms with Gasteiger partial charge < -0.3 is 10.1 Å². The van der Waals surface area contributed by atoms with Crippen molar-refractivity contribution in [3.05, 3.63) is 39.4 Å². The van der Waals surface area contributed by atoms with Crippen molar-refractivity contribution < 1.29 is 9.66 Å². The molecule has 1 aliphatic rings. The van der Waals surface area contributed by atoms with Crippen molar-refractivity contribution in [3.63, 3.8) is 0 Å². The number of nitro groups is 1. The molecule has 1 heterocycles. The number of hydrogen-bond donors (Lipinski definition) is 1. The van der Waals surface area contributed by atoms with Gasteiger partial charge in [0.25, 0.3) is 5.69 Å². The minimum atomic E-state index is -0.351. The molecule has 1 aromatic carbocycles. The van der Waals surface area contributed by atoms with Crippen molar-refractivity contribution in [3.8, 4) is 0 Å². The van der Waals surface area contributed by atoms with Gasteiger partial charge in [0, 0.05) is 38.2 Å². The normalized spacial score (nSPS) is 17.5. The highest BCUT2D eigenvalue weighted by atomic mass is 16.6. The van der Waals surface area contributed by atoms with Crippen LogP contribution in [0.1, 0.15) is 11.1 Å². The van der Waals surface area contributed by atoms with Gasteiger partial charge >= 0.3 is 0 Å². The van der Waals surface area contributed by atoms with Crippen molar-refractivity contribution in [1.29, 1.82) is 0 Å². The summed E-state index contributed by atoms with van der Waals surface area (Å²) in [6.07, 6.45) is 0.787. The van der Waals surface area contributed by atoms with Gasteiger partial charge in [0.2, 0.25) is 0 Å². The molecule has 1 aliphatic heterocycles. The van der Waals surface area contributed by atoms with Crippen molar-refractivity contribution in [2.45, 2.75) is 18.9 Å². The zero-order chi connectivity index (χ0) is 12.5. The summed E-state index contributed by atoms with van der Waals surface area (Å²) < 4.78 is 5.50. The van der Waals surface area contributed by atoms with Crippen LogP contribution in [0.4, 0.5) is 5.69 Å². The Morgan fingerprint density at radius 2 is 2.24 bits per heavy atom. The molecule has 1 fully saturated rings. The zero-order valence-corrected chi connectivity index (χ0v) is 10.0. The second kappa shape index (κ2) is 4.43. The number of aryl methyl sites for hydroxylation is 1. The average Bonchev–Trinajstić information content (AvgIpc) is 2.23. The third-order valence-electron chi connectivity index (χ3n) is 3.31. The first-order valence-corrected chi connectivity index (χ1v) is 5.56. The van der Waals surface area contributed by atoms with Gasteiger partial charge in [0.05, 0.1) is 10.5 Å². The topological polar surface area (TPSA) is 64.4 Å². The van der Waals surface area contributed by atoms with E-state index in [1.54, 1.807) is 20.1 Å². The van der Waals surface area contributed by atoms with E-state index in [1.807, 2.05) is 12.1 Å². The Hall–Kier alpha value is -1.46. The van der Waals surface area contributed by atoms with Crippen molar-refractivity contribution in [2.24, 2.45) is 0 Å². The summed E-state index contributed by atoms with van der Waals surface area (Å²) in [5, 5.41) is 13.9. The highest BCUT2D eigenvalue weighted by Crippen LogP contribution is 2.25. The number of hydrogen-bond acceptors (Lipinski definition) is 4. The molecule has 1 N–H and O–H groups in total. The highest BCUT2D eigenvalue weighted by Gasteiger charge is 2.37. The number of nitro benzene ring substituents is 1. The van der Waals surface area contributed by atoms with Crippen LogP contribution < -0.4 is 5.32 Å². The van der Waals surface area contributed by atoms with Crippen LogP contribution in [0.2, 0.25) is 0 Å². The van der Waals surface area contributed by atoms with Crippen molar-refractivity contribution >= 4 is 5.69 Å². The van der Waals surface area contributed by atoms with E-state index < -0.39 is 0 Å². The van der Waals surface area contributed by atoms with Gasteiger partial charge in [0.15, 0.2) is 0 Å². The maximum Gasteiger partial charge on any atom is 0.272 e. The predicted octanol–water partition coefficient (Wildman–Crippen LogP) is 1.43. The smallest absolute Gasteiger partial charge is 0.272 e. The highest BCUT2D eigenvalue weighted by molar-refractivity contribution is 5.42. The third-order valence-corrected chi connectivity index (χ3v) is 3.31. The molecule has 17 heavy (non-hydrogen) atoms. The lowest BCUT2D eigenvalue weighted by atomic mass is 9.88. The van der Waals surface area contributed by atoms with Gasteiger partial charge in [-0.1, -0.05) is 6.07 Å². The summed E-state index contributed by atoms with van der Waals surface area (Å²) in [7, 11) is 1.71. The van der Waals surface area contributed by atoms with E-state index in [0.29, 0.717) is 5.56 Å². The van der Waals surface area contributed by atoms with Crippen LogP contribution in [0.15, 0.2) is 18.2 Å². The van der Waals surface area contributed by atoms with Gasteiger partial charge in [-0.15, -0.1) is 0 Å². The molecule has 92 valence electrons. The van der Waals surface area contributed by atoms with Crippen LogP contribution in [-0.2, 0) is 11.2 Å². The summed E-state index contributed by atoms with van der Waals surface area (Å²) in [4.78, 5) is 10.4. The monoisotopic (exact) mass is 236 g/mol. The number of methoxy groups -OCH3 is 1. The van der Waals surface area contributed by atoms with Gasteiger partial charge in [0.1, 0.15) is 0 Å². The first-order chi connectivity index (χ1) is 8.06. The number of ether oxygens (including phenoxy) is 1. The summed E-state index contributed by atoms with van der Waals surface area (Å²) in [5.41, 5.74) is 1.82. The fourth-order valence-corrected chi connectivity index (χ4v) is 2.15. The van der Waals surface area contributed by atoms with Gasteiger partial charge in [-0.25, -0.2) is 0 Å². The molecule has 0 amide bonds. The second-order valence-electron chi connectivity index (χ2n) is 4.55. The Bertz CT molecular complexity index is 436. The molecule has 0 saturated carbocycles. The molecule has 0 atom stereocenters. The van der Waals surface area contributed by atoms with E-state index in [0.717, 1.165) is 25.1 Å². The van der Waals surface area contributed by atoms with E-state index in [4.69, 9.17) is 4.74 Å². The molecule has 0 radical (unpaired) electrons. The standard InChI is InChI=1S/C12H16N2O3/c1-9-5-10(3-4-11(9)14(15)16)6-12(17-2)7-13-8-12/h3-5,13H,6-8H2,1-2H3. The molecule has 0 unspecified atom stereocenters. The van der Waals surface area contributed by atoms with Crippen LogP contribution >= 0.6 is 0 Å².